The van der Waals surface area contributed by atoms with Crippen molar-refractivity contribution < 1.29 is 9.47 Å². The van der Waals surface area contributed by atoms with E-state index < -0.39 is 0 Å². The molecule has 3 unspecified atom stereocenters. The molecule has 3 atom stereocenters. The molecule has 0 saturated carbocycles. The molecule has 2 rings (SSSR count). The van der Waals surface area contributed by atoms with Gasteiger partial charge < -0.3 is 14.8 Å². The highest BCUT2D eigenvalue weighted by Crippen LogP contribution is 2.19. The van der Waals surface area contributed by atoms with Gasteiger partial charge >= 0.3 is 0 Å². The zero-order valence-electron chi connectivity index (χ0n) is 11.2. The van der Waals surface area contributed by atoms with E-state index in [4.69, 9.17) is 9.47 Å². The Kier molecular flexibility index (Phi) is 5.22. The second-order valence-electron chi connectivity index (χ2n) is 5.35. The van der Waals surface area contributed by atoms with Crippen LogP contribution in [0.1, 0.15) is 20.3 Å². The predicted octanol–water partition coefficient (Wildman–Crippen LogP) is 0.722. The molecule has 17 heavy (non-hydrogen) atoms. The number of rotatable bonds is 5. The van der Waals surface area contributed by atoms with Crippen molar-refractivity contribution in [1.29, 1.82) is 0 Å². The first-order valence-electron chi connectivity index (χ1n) is 6.91. The zero-order chi connectivity index (χ0) is 12.1. The van der Waals surface area contributed by atoms with Gasteiger partial charge in [0.15, 0.2) is 0 Å². The molecule has 0 radical (unpaired) electrons. The van der Waals surface area contributed by atoms with Crippen LogP contribution in [-0.2, 0) is 9.47 Å². The van der Waals surface area contributed by atoms with Crippen molar-refractivity contribution in [1.82, 2.24) is 10.2 Å². The third-order valence-electron chi connectivity index (χ3n) is 3.90. The molecule has 0 aliphatic carbocycles. The molecule has 0 spiro atoms. The van der Waals surface area contributed by atoms with E-state index in [1.54, 1.807) is 0 Å². The molecule has 0 amide bonds. The van der Waals surface area contributed by atoms with Gasteiger partial charge in [-0.05, 0) is 26.2 Å². The number of ether oxygens (including phenoxy) is 2. The van der Waals surface area contributed by atoms with Gasteiger partial charge in [-0.1, -0.05) is 0 Å². The molecular formula is C13H26N2O2. The molecule has 2 aliphatic heterocycles. The first kappa shape index (κ1) is 13.3. The van der Waals surface area contributed by atoms with E-state index in [0.717, 1.165) is 46.0 Å². The van der Waals surface area contributed by atoms with Crippen LogP contribution in [0.2, 0.25) is 0 Å². The Bertz CT molecular complexity index is 219. The summed E-state index contributed by atoms with van der Waals surface area (Å²) in [4.78, 5) is 2.48. The fourth-order valence-corrected chi connectivity index (χ4v) is 2.63. The van der Waals surface area contributed by atoms with Crippen LogP contribution in [0, 0.1) is 5.92 Å². The molecule has 4 nitrogen and oxygen atoms in total. The van der Waals surface area contributed by atoms with Gasteiger partial charge in [0, 0.05) is 38.8 Å². The Labute approximate surface area is 105 Å². The number of nitrogens with zero attached hydrogens (tertiary/aromatic N) is 1. The van der Waals surface area contributed by atoms with E-state index in [0.29, 0.717) is 18.1 Å². The second-order valence-corrected chi connectivity index (χ2v) is 5.35. The first-order valence-corrected chi connectivity index (χ1v) is 6.91. The topological polar surface area (TPSA) is 33.7 Å². The van der Waals surface area contributed by atoms with Crippen molar-refractivity contribution in [3.8, 4) is 0 Å². The average molecular weight is 242 g/mol. The lowest BCUT2D eigenvalue weighted by Crippen LogP contribution is -2.45. The van der Waals surface area contributed by atoms with Gasteiger partial charge in [0.05, 0.1) is 19.3 Å². The van der Waals surface area contributed by atoms with Crippen LogP contribution in [0.3, 0.4) is 0 Å². The lowest BCUT2D eigenvalue weighted by molar-refractivity contribution is 0.0339. The fraction of sp³-hybridized carbons (Fsp3) is 1.00. The summed E-state index contributed by atoms with van der Waals surface area (Å²) in [5.41, 5.74) is 0. The molecule has 2 fully saturated rings. The molecule has 1 N–H and O–H groups in total. The van der Waals surface area contributed by atoms with Gasteiger partial charge in [0.25, 0.3) is 0 Å². The zero-order valence-corrected chi connectivity index (χ0v) is 11.2. The number of morpholine rings is 1. The van der Waals surface area contributed by atoms with Crippen LogP contribution in [0.25, 0.3) is 0 Å². The smallest absolute Gasteiger partial charge is 0.0594 e. The van der Waals surface area contributed by atoms with E-state index in [1.165, 1.54) is 6.42 Å². The standard InChI is InChI=1S/C13H26N2O2/c1-11(10-15-4-7-16-8-5-15)14-9-13-3-6-17-12(13)2/h11-14H,3-10H2,1-2H3. The van der Waals surface area contributed by atoms with Crippen molar-refractivity contribution in [2.24, 2.45) is 5.92 Å². The second kappa shape index (κ2) is 6.69. The van der Waals surface area contributed by atoms with Crippen molar-refractivity contribution in [2.75, 3.05) is 46.0 Å². The summed E-state index contributed by atoms with van der Waals surface area (Å²) in [6.45, 7) is 11.6. The first-order chi connectivity index (χ1) is 8.25. The van der Waals surface area contributed by atoms with Crippen LogP contribution >= 0.6 is 0 Å². The maximum Gasteiger partial charge on any atom is 0.0594 e. The third-order valence-corrected chi connectivity index (χ3v) is 3.90. The van der Waals surface area contributed by atoms with Crippen LogP contribution in [0.15, 0.2) is 0 Å². The average Bonchev–Trinajstić information content (AvgIpc) is 2.74. The SMILES string of the molecule is CC(CN1CCOCC1)NCC1CCOC1C. The normalized spacial score (nSPS) is 32.8. The molecule has 2 saturated heterocycles. The molecule has 100 valence electrons. The van der Waals surface area contributed by atoms with Gasteiger partial charge in [0.1, 0.15) is 0 Å². The molecule has 4 heteroatoms. The van der Waals surface area contributed by atoms with Crippen LogP contribution in [0.4, 0.5) is 0 Å². The molecular weight excluding hydrogens is 216 g/mol. The van der Waals surface area contributed by atoms with E-state index in [9.17, 15) is 0 Å². The number of hydrogen-bond acceptors (Lipinski definition) is 4. The van der Waals surface area contributed by atoms with Gasteiger partial charge in [0.2, 0.25) is 0 Å². The number of nitrogens with one attached hydrogen (secondary N) is 1. The minimum Gasteiger partial charge on any atom is -0.379 e. The maximum absolute atomic E-state index is 5.58. The van der Waals surface area contributed by atoms with Crippen molar-refractivity contribution in [3.63, 3.8) is 0 Å². The molecule has 2 heterocycles. The Balaban J connectivity index is 1.61. The fourth-order valence-electron chi connectivity index (χ4n) is 2.63. The molecule has 0 aromatic heterocycles. The van der Waals surface area contributed by atoms with Crippen LogP contribution in [0.5, 0.6) is 0 Å². The monoisotopic (exact) mass is 242 g/mol. The summed E-state index contributed by atoms with van der Waals surface area (Å²) in [5, 5.41) is 3.64. The highest BCUT2D eigenvalue weighted by Gasteiger charge is 2.24. The Hall–Kier alpha value is -0.160. The summed E-state index contributed by atoms with van der Waals surface area (Å²) in [7, 11) is 0. The lowest BCUT2D eigenvalue weighted by Gasteiger charge is -2.30. The summed E-state index contributed by atoms with van der Waals surface area (Å²) in [6.07, 6.45) is 1.64. The third kappa shape index (κ3) is 4.21. The molecule has 0 aromatic carbocycles. The molecule has 0 bridgehead atoms. The summed E-state index contributed by atoms with van der Waals surface area (Å²) >= 11 is 0. The predicted molar refractivity (Wildman–Crippen MR) is 68.2 cm³/mol. The van der Waals surface area contributed by atoms with Crippen molar-refractivity contribution >= 4 is 0 Å². The highest BCUT2D eigenvalue weighted by molar-refractivity contribution is 4.77. The Morgan fingerprint density at radius 1 is 1.29 bits per heavy atom. The molecule has 2 aliphatic rings. The minimum absolute atomic E-state index is 0.429. The Morgan fingerprint density at radius 3 is 2.71 bits per heavy atom. The van der Waals surface area contributed by atoms with E-state index in [-0.39, 0.29) is 0 Å². The van der Waals surface area contributed by atoms with Crippen molar-refractivity contribution in [2.45, 2.75) is 32.4 Å². The van der Waals surface area contributed by atoms with Gasteiger partial charge in [-0.25, -0.2) is 0 Å². The van der Waals surface area contributed by atoms with Crippen LogP contribution < -0.4 is 5.32 Å². The van der Waals surface area contributed by atoms with E-state index in [1.807, 2.05) is 0 Å². The largest absolute Gasteiger partial charge is 0.379 e. The van der Waals surface area contributed by atoms with E-state index in [2.05, 4.69) is 24.1 Å². The minimum atomic E-state index is 0.429. The van der Waals surface area contributed by atoms with Gasteiger partial charge in [-0.2, -0.15) is 0 Å². The van der Waals surface area contributed by atoms with Crippen LogP contribution in [-0.4, -0.2) is 63.0 Å². The Morgan fingerprint density at radius 2 is 2.06 bits per heavy atom. The molecule has 0 aromatic rings. The summed E-state index contributed by atoms with van der Waals surface area (Å²) < 4.78 is 10.9. The summed E-state index contributed by atoms with van der Waals surface area (Å²) in [5.74, 6) is 0.696. The maximum atomic E-state index is 5.58. The number of hydrogen-bond donors (Lipinski definition) is 1. The quantitative estimate of drug-likeness (QED) is 0.770. The van der Waals surface area contributed by atoms with Gasteiger partial charge in [-0.15, -0.1) is 0 Å². The summed E-state index contributed by atoms with van der Waals surface area (Å²) in [6, 6.07) is 0.556. The van der Waals surface area contributed by atoms with E-state index >= 15 is 0 Å². The highest BCUT2D eigenvalue weighted by atomic mass is 16.5. The van der Waals surface area contributed by atoms with Gasteiger partial charge in [-0.3, -0.25) is 4.90 Å². The van der Waals surface area contributed by atoms with Crippen molar-refractivity contribution in [3.05, 3.63) is 0 Å². The lowest BCUT2D eigenvalue weighted by atomic mass is 10.0.